The molecule has 0 aromatic heterocycles. The van der Waals surface area contributed by atoms with E-state index in [2.05, 4.69) is 26.6 Å². The van der Waals surface area contributed by atoms with Crippen LogP contribution in [0.4, 0.5) is 0 Å². The fourth-order valence-corrected chi connectivity index (χ4v) is 2.58. The number of hydrogen-bond acceptors (Lipinski definition) is 3. The fourth-order valence-electron chi connectivity index (χ4n) is 2.17. The second kappa shape index (κ2) is 6.74. The number of halogens is 1. The first-order valence-corrected chi connectivity index (χ1v) is 7.26. The van der Waals surface area contributed by atoms with Crippen molar-refractivity contribution in [2.24, 2.45) is 5.92 Å². The summed E-state index contributed by atoms with van der Waals surface area (Å²) in [4.78, 5) is 23.1. The molecule has 6 heteroatoms. The molecule has 5 nitrogen and oxygen atoms in total. The van der Waals surface area contributed by atoms with Crippen LogP contribution in [-0.2, 0) is 16.1 Å². The topological polar surface area (TPSA) is 67.4 Å². The Kier molecular flexibility index (Phi) is 5.00. The SMILES string of the molecule is COc1ccc(Br)cc1CNC(=O)[C@@H]1CCC(=O)NC1. The number of hydrogen-bond donors (Lipinski definition) is 2. The molecule has 0 bridgehead atoms. The van der Waals surface area contributed by atoms with E-state index in [1.165, 1.54) is 0 Å². The van der Waals surface area contributed by atoms with Gasteiger partial charge in [0, 0.05) is 29.5 Å². The largest absolute Gasteiger partial charge is 0.496 e. The quantitative estimate of drug-likeness (QED) is 0.874. The van der Waals surface area contributed by atoms with Crippen LogP contribution in [-0.4, -0.2) is 25.5 Å². The maximum atomic E-state index is 12.0. The van der Waals surface area contributed by atoms with Crippen molar-refractivity contribution in [2.45, 2.75) is 19.4 Å². The van der Waals surface area contributed by atoms with Gasteiger partial charge >= 0.3 is 0 Å². The average molecular weight is 341 g/mol. The van der Waals surface area contributed by atoms with Crippen LogP contribution >= 0.6 is 15.9 Å². The predicted molar refractivity (Wildman–Crippen MR) is 78.3 cm³/mol. The van der Waals surface area contributed by atoms with Crippen molar-refractivity contribution in [2.75, 3.05) is 13.7 Å². The summed E-state index contributed by atoms with van der Waals surface area (Å²) in [5, 5.41) is 5.61. The van der Waals surface area contributed by atoms with Gasteiger partial charge in [-0.3, -0.25) is 9.59 Å². The molecular weight excluding hydrogens is 324 g/mol. The lowest BCUT2D eigenvalue weighted by Gasteiger charge is -2.21. The third-order valence-electron chi connectivity index (χ3n) is 3.33. The zero-order valence-corrected chi connectivity index (χ0v) is 12.8. The molecule has 0 saturated carbocycles. The van der Waals surface area contributed by atoms with E-state index in [1.54, 1.807) is 7.11 Å². The van der Waals surface area contributed by atoms with Crippen LogP contribution in [0, 0.1) is 5.92 Å². The minimum Gasteiger partial charge on any atom is -0.496 e. The van der Waals surface area contributed by atoms with Crippen LogP contribution < -0.4 is 15.4 Å². The van der Waals surface area contributed by atoms with Crippen LogP contribution in [0.15, 0.2) is 22.7 Å². The third kappa shape index (κ3) is 3.72. The zero-order chi connectivity index (χ0) is 14.5. The molecule has 1 aliphatic heterocycles. The highest BCUT2D eigenvalue weighted by Gasteiger charge is 2.24. The van der Waals surface area contributed by atoms with E-state index in [1.807, 2.05) is 18.2 Å². The van der Waals surface area contributed by atoms with E-state index in [4.69, 9.17) is 4.74 Å². The van der Waals surface area contributed by atoms with Gasteiger partial charge in [0.25, 0.3) is 0 Å². The Bertz CT molecular complexity index is 509. The number of benzene rings is 1. The smallest absolute Gasteiger partial charge is 0.225 e. The summed E-state index contributed by atoms with van der Waals surface area (Å²) in [7, 11) is 1.60. The van der Waals surface area contributed by atoms with E-state index in [-0.39, 0.29) is 17.7 Å². The maximum absolute atomic E-state index is 12.0. The van der Waals surface area contributed by atoms with Gasteiger partial charge in [-0.15, -0.1) is 0 Å². The van der Waals surface area contributed by atoms with E-state index in [0.717, 1.165) is 15.8 Å². The number of amides is 2. The first-order chi connectivity index (χ1) is 9.60. The predicted octanol–water partition coefficient (Wildman–Crippen LogP) is 1.60. The molecule has 0 spiro atoms. The molecule has 0 radical (unpaired) electrons. The van der Waals surface area contributed by atoms with E-state index in [9.17, 15) is 9.59 Å². The first-order valence-electron chi connectivity index (χ1n) is 6.47. The monoisotopic (exact) mass is 340 g/mol. The molecule has 1 aromatic carbocycles. The summed E-state index contributed by atoms with van der Waals surface area (Å²) < 4.78 is 6.20. The summed E-state index contributed by atoms with van der Waals surface area (Å²) in [5.41, 5.74) is 0.912. The van der Waals surface area contributed by atoms with E-state index in [0.29, 0.717) is 25.9 Å². The van der Waals surface area contributed by atoms with Gasteiger partial charge in [-0.25, -0.2) is 0 Å². The number of nitrogens with one attached hydrogen (secondary N) is 2. The summed E-state index contributed by atoms with van der Waals surface area (Å²) >= 11 is 3.40. The summed E-state index contributed by atoms with van der Waals surface area (Å²) in [6.07, 6.45) is 1.02. The lowest BCUT2D eigenvalue weighted by Crippen LogP contribution is -2.42. The Morgan fingerprint density at radius 3 is 3.00 bits per heavy atom. The van der Waals surface area contributed by atoms with Crippen LogP contribution in [0.2, 0.25) is 0 Å². The normalized spacial score (nSPS) is 18.3. The summed E-state index contributed by atoms with van der Waals surface area (Å²) in [5.74, 6) is 0.575. The maximum Gasteiger partial charge on any atom is 0.225 e. The summed E-state index contributed by atoms with van der Waals surface area (Å²) in [6, 6.07) is 5.66. The lowest BCUT2D eigenvalue weighted by molar-refractivity contribution is -0.129. The highest BCUT2D eigenvalue weighted by atomic mass is 79.9. The van der Waals surface area contributed by atoms with Crippen molar-refractivity contribution < 1.29 is 14.3 Å². The molecule has 0 unspecified atom stereocenters. The van der Waals surface area contributed by atoms with Gasteiger partial charge in [0.05, 0.1) is 13.0 Å². The Morgan fingerprint density at radius 2 is 2.35 bits per heavy atom. The molecule has 108 valence electrons. The Balaban J connectivity index is 1.93. The number of ether oxygens (including phenoxy) is 1. The van der Waals surface area contributed by atoms with Crippen molar-refractivity contribution in [3.63, 3.8) is 0 Å². The second-order valence-electron chi connectivity index (χ2n) is 4.71. The highest BCUT2D eigenvalue weighted by molar-refractivity contribution is 9.10. The van der Waals surface area contributed by atoms with Gasteiger partial charge in [-0.2, -0.15) is 0 Å². The standard InChI is InChI=1S/C14H17BrN2O3/c1-20-12-4-3-11(15)6-10(12)8-17-14(19)9-2-5-13(18)16-7-9/h3-4,6,9H,2,5,7-8H2,1H3,(H,16,18)(H,17,19)/t9-/m1/s1. The van der Waals surface area contributed by atoms with Crippen molar-refractivity contribution in [1.29, 1.82) is 0 Å². The number of carbonyl (C=O) groups excluding carboxylic acids is 2. The minimum atomic E-state index is -0.147. The number of carbonyl (C=O) groups is 2. The van der Waals surface area contributed by atoms with Gasteiger partial charge in [-0.1, -0.05) is 15.9 Å². The van der Waals surface area contributed by atoms with Crippen LogP contribution in [0.3, 0.4) is 0 Å². The molecule has 2 amide bonds. The van der Waals surface area contributed by atoms with Gasteiger partial charge in [-0.05, 0) is 24.6 Å². The third-order valence-corrected chi connectivity index (χ3v) is 3.83. The van der Waals surface area contributed by atoms with Crippen molar-refractivity contribution in [3.05, 3.63) is 28.2 Å². The number of rotatable bonds is 4. The Hall–Kier alpha value is -1.56. The van der Waals surface area contributed by atoms with Crippen molar-refractivity contribution >= 4 is 27.7 Å². The van der Waals surface area contributed by atoms with Gasteiger partial charge < -0.3 is 15.4 Å². The molecule has 1 aliphatic rings. The molecule has 1 saturated heterocycles. The molecule has 0 aliphatic carbocycles. The molecule has 1 atom stereocenters. The molecular formula is C14H17BrN2O3. The second-order valence-corrected chi connectivity index (χ2v) is 5.63. The fraction of sp³-hybridized carbons (Fsp3) is 0.429. The van der Waals surface area contributed by atoms with Crippen LogP contribution in [0.1, 0.15) is 18.4 Å². The van der Waals surface area contributed by atoms with Gasteiger partial charge in [0.15, 0.2) is 0 Å². The van der Waals surface area contributed by atoms with Crippen LogP contribution in [0.5, 0.6) is 5.75 Å². The van der Waals surface area contributed by atoms with Gasteiger partial charge in [0.2, 0.25) is 11.8 Å². The van der Waals surface area contributed by atoms with Crippen molar-refractivity contribution in [1.82, 2.24) is 10.6 Å². The number of piperidine rings is 1. The van der Waals surface area contributed by atoms with E-state index < -0.39 is 0 Å². The first kappa shape index (κ1) is 14.8. The minimum absolute atomic E-state index is 0.0164. The van der Waals surface area contributed by atoms with Crippen molar-refractivity contribution in [3.8, 4) is 5.75 Å². The highest BCUT2D eigenvalue weighted by Crippen LogP contribution is 2.23. The Morgan fingerprint density at radius 1 is 1.55 bits per heavy atom. The average Bonchev–Trinajstić information content (AvgIpc) is 2.45. The molecule has 1 fully saturated rings. The molecule has 1 heterocycles. The van der Waals surface area contributed by atoms with Crippen LogP contribution in [0.25, 0.3) is 0 Å². The lowest BCUT2D eigenvalue weighted by atomic mass is 9.98. The number of methoxy groups -OCH3 is 1. The Labute approximate surface area is 126 Å². The molecule has 2 rings (SSSR count). The summed E-state index contributed by atoms with van der Waals surface area (Å²) in [6.45, 7) is 0.826. The van der Waals surface area contributed by atoms with Gasteiger partial charge in [0.1, 0.15) is 5.75 Å². The van der Waals surface area contributed by atoms with E-state index >= 15 is 0 Å². The zero-order valence-electron chi connectivity index (χ0n) is 11.2. The molecule has 1 aromatic rings. The molecule has 20 heavy (non-hydrogen) atoms. The molecule has 2 N–H and O–H groups in total.